The van der Waals surface area contributed by atoms with Crippen LogP contribution >= 0.6 is 11.3 Å². The Bertz CT molecular complexity index is 658. The number of hydrogen-bond acceptors (Lipinski definition) is 5. The molecule has 21 heavy (non-hydrogen) atoms. The van der Waals surface area contributed by atoms with Crippen molar-refractivity contribution in [3.05, 3.63) is 59.1 Å². The maximum absolute atomic E-state index is 13.4. The zero-order valence-electron chi connectivity index (χ0n) is 10.9. The quantitative estimate of drug-likeness (QED) is 0.656. The van der Waals surface area contributed by atoms with Gasteiger partial charge < -0.3 is 10.1 Å². The Morgan fingerprint density at radius 1 is 1.48 bits per heavy atom. The molecule has 1 aromatic heterocycles. The fourth-order valence-electron chi connectivity index (χ4n) is 1.49. The lowest BCUT2D eigenvalue weighted by Gasteiger charge is -2.04. The molecule has 2 aromatic rings. The average molecular weight is 310 g/mol. The first kappa shape index (κ1) is 15.1. The van der Waals surface area contributed by atoms with Gasteiger partial charge in [0.2, 0.25) is 0 Å². The third-order valence-corrected chi connectivity index (χ3v) is 3.30. The van der Waals surface area contributed by atoms with Gasteiger partial charge in [-0.25, -0.2) is 18.6 Å². The largest absolute Gasteiger partial charge is 0.456 e. The molecule has 0 aliphatic heterocycles. The molecular formula is C14H12F2N2O2S. The van der Waals surface area contributed by atoms with Crippen LogP contribution in [0.1, 0.15) is 16.1 Å². The van der Waals surface area contributed by atoms with Gasteiger partial charge in [-0.1, -0.05) is 18.2 Å². The third kappa shape index (κ3) is 3.85. The van der Waals surface area contributed by atoms with E-state index in [0.29, 0.717) is 11.7 Å². The summed E-state index contributed by atoms with van der Waals surface area (Å²) < 4.78 is 31.3. The summed E-state index contributed by atoms with van der Waals surface area (Å²) >= 11 is 1.24. The van der Waals surface area contributed by atoms with Gasteiger partial charge in [0.05, 0.1) is 0 Å². The standard InChI is InChI=1S/C14H12F2N2O2S/c1-2-6-17-14-18-11(8-21-14)13(19)20-7-9-4-3-5-10(15)12(9)16/h2-5,8H,1,6-7H2,(H,17,18). The van der Waals surface area contributed by atoms with E-state index in [0.717, 1.165) is 6.07 Å². The molecule has 0 saturated heterocycles. The number of nitrogens with zero attached hydrogens (tertiary/aromatic N) is 1. The first-order valence-electron chi connectivity index (χ1n) is 6.02. The lowest BCUT2D eigenvalue weighted by atomic mass is 10.2. The molecule has 2 rings (SSSR count). The van der Waals surface area contributed by atoms with E-state index in [-0.39, 0.29) is 17.9 Å². The fraction of sp³-hybridized carbons (Fsp3) is 0.143. The molecule has 0 atom stereocenters. The van der Waals surface area contributed by atoms with E-state index in [2.05, 4.69) is 16.9 Å². The van der Waals surface area contributed by atoms with Crippen LogP contribution in [-0.4, -0.2) is 17.5 Å². The zero-order valence-corrected chi connectivity index (χ0v) is 11.8. The van der Waals surface area contributed by atoms with Gasteiger partial charge in [-0.05, 0) is 6.07 Å². The first-order valence-corrected chi connectivity index (χ1v) is 6.90. The Balaban J connectivity index is 1.96. The second kappa shape index (κ2) is 6.94. The number of nitrogens with one attached hydrogen (secondary N) is 1. The molecule has 0 aliphatic rings. The number of aromatic nitrogens is 1. The van der Waals surface area contributed by atoms with Crippen LogP contribution in [0.5, 0.6) is 0 Å². The highest BCUT2D eigenvalue weighted by atomic mass is 32.1. The molecule has 0 amide bonds. The summed E-state index contributed by atoms with van der Waals surface area (Å²) in [6, 6.07) is 3.70. The molecule has 0 saturated carbocycles. The van der Waals surface area contributed by atoms with Crippen LogP contribution in [0.25, 0.3) is 0 Å². The van der Waals surface area contributed by atoms with E-state index in [1.54, 1.807) is 6.08 Å². The number of benzene rings is 1. The summed E-state index contributed by atoms with van der Waals surface area (Å²) in [5.41, 5.74) is 0.0898. The second-order valence-corrected chi connectivity index (χ2v) is 4.85. The third-order valence-electron chi connectivity index (χ3n) is 2.50. The van der Waals surface area contributed by atoms with Gasteiger partial charge in [0, 0.05) is 17.5 Å². The van der Waals surface area contributed by atoms with Gasteiger partial charge in [0.1, 0.15) is 6.61 Å². The first-order chi connectivity index (χ1) is 10.1. The second-order valence-electron chi connectivity index (χ2n) is 4.00. The van der Waals surface area contributed by atoms with E-state index >= 15 is 0 Å². The maximum Gasteiger partial charge on any atom is 0.358 e. The average Bonchev–Trinajstić information content (AvgIpc) is 2.95. The van der Waals surface area contributed by atoms with E-state index in [4.69, 9.17) is 4.74 Å². The van der Waals surface area contributed by atoms with Crippen LogP contribution in [0.4, 0.5) is 13.9 Å². The lowest BCUT2D eigenvalue weighted by Crippen LogP contribution is -2.07. The normalized spacial score (nSPS) is 10.2. The highest BCUT2D eigenvalue weighted by Gasteiger charge is 2.14. The molecule has 0 bridgehead atoms. The highest BCUT2D eigenvalue weighted by Crippen LogP contribution is 2.17. The van der Waals surface area contributed by atoms with Gasteiger partial charge in [-0.2, -0.15) is 0 Å². The Kier molecular flexibility index (Phi) is 4.99. The lowest BCUT2D eigenvalue weighted by molar-refractivity contribution is 0.0462. The smallest absolute Gasteiger partial charge is 0.358 e. The number of thiazole rings is 1. The molecule has 1 N–H and O–H groups in total. The molecule has 7 heteroatoms. The molecular weight excluding hydrogens is 298 g/mol. The number of rotatable bonds is 6. The van der Waals surface area contributed by atoms with Gasteiger partial charge >= 0.3 is 5.97 Å². The highest BCUT2D eigenvalue weighted by molar-refractivity contribution is 7.13. The van der Waals surface area contributed by atoms with Gasteiger partial charge in [0.25, 0.3) is 0 Å². The van der Waals surface area contributed by atoms with E-state index in [9.17, 15) is 13.6 Å². The number of esters is 1. The SMILES string of the molecule is C=CCNc1nc(C(=O)OCc2cccc(F)c2F)cs1. The molecule has 1 heterocycles. The van der Waals surface area contributed by atoms with Crippen molar-refractivity contribution in [2.45, 2.75) is 6.61 Å². The van der Waals surface area contributed by atoms with Crippen molar-refractivity contribution in [3.63, 3.8) is 0 Å². The minimum atomic E-state index is -1.02. The number of hydrogen-bond donors (Lipinski definition) is 1. The van der Waals surface area contributed by atoms with Crippen LogP contribution in [0.15, 0.2) is 36.2 Å². The predicted octanol–water partition coefficient (Wildman–Crippen LogP) is 3.38. The Morgan fingerprint density at radius 3 is 3.05 bits per heavy atom. The van der Waals surface area contributed by atoms with Crippen molar-refractivity contribution >= 4 is 22.4 Å². The summed E-state index contributed by atoms with van der Waals surface area (Å²) in [4.78, 5) is 15.8. The van der Waals surface area contributed by atoms with Crippen molar-refractivity contribution in [1.82, 2.24) is 4.98 Å². The van der Waals surface area contributed by atoms with Gasteiger partial charge in [0.15, 0.2) is 22.5 Å². The van der Waals surface area contributed by atoms with Crippen LogP contribution in [-0.2, 0) is 11.3 Å². The van der Waals surface area contributed by atoms with Crippen LogP contribution < -0.4 is 5.32 Å². The van der Waals surface area contributed by atoms with Crippen LogP contribution in [0.2, 0.25) is 0 Å². The molecule has 4 nitrogen and oxygen atoms in total. The van der Waals surface area contributed by atoms with Gasteiger partial charge in [-0.15, -0.1) is 17.9 Å². The Hall–Kier alpha value is -2.28. The summed E-state index contributed by atoms with van der Waals surface area (Å²) in [5, 5.41) is 5.01. The van der Waals surface area contributed by atoms with Crippen molar-refractivity contribution in [3.8, 4) is 0 Å². The Labute approximate surface area is 124 Å². The zero-order chi connectivity index (χ0) is 15.2. The maximum atomic E-state index is 13.4. The Morgan fingerprint density at radius 2 is 2.29 bits per heavy atom. The number of ether oxygens (including phenoxy) is 1. The summed E-state index contributed by atoms with van der Waals surface area (Å²) in [6.45, 7) is 3.73. The molecule has 0 aliphatic carbocycles. The summed E-state index contributed by atoms with van der Waals surface area (Å²) in [5.74, 6) is -2.69. The van der Waals surface area contributed by atoms with Crippen molar-refractivity contribution in [2.75, 3.05) is 11.9 Å². The monoisotopic (exact) mass is 310 g/mol. The van der Waals surface area contributed by atoms with E-state index in [1.807, 2.05) is 0 Å². The van der Waals surface area contributed by atoms with Crippen molar-refractivity contribution < 1.29 is 18.3 Å². The number of halogens is 2. The molecule has 0 spiro atoms. The molecule has 0 radical (unpaired) electrons. The molecule has 110 valence electrons. The van der Waals surface area contributed by atoms with Crippen LogP contribution in [0.3, 0.4) is 0 Å². The van der Waals surface area contributed by atoms with Crippen molar-refractivity contribution in [2.24, 2.45) is 0 Å². The summed E-state index contributed by atoms with van der Waals surface area (Å²) in [7, 11) is 0. The van der Waals surface area contributed by atoms with E-state index < -0.39 is 17.6 Å². The van der Waals surface area contributed by atoms with Crippen molar-refractivity contribution in [1.29, 1.82) is 0 Å². The van der Waals surface area contributed by atoms with Gasteiger partial charge in [-0.3, -0.25) is 0 Å². The van der Waals surface area contributed by atoms with Crippen LogP contribution in [0, 0.1) is 11.6 Å². The number of anilines is 1. The number of carbonyl (C=O) groups excluding carboxylic acids is 1. The molecule has 1 aromatic carbocycles. The number of carbonyl (C=O) groups is 1. The summed E-state index contributed by atoms with van der Waals surface area (Å²) in [6.07, 6.45) is 1.66. The predicted molar refractivity (Wildman–Crippen MR) is 76.3 cm³/mol. The topological polar surface area (TPSA) is 51.2 Å². The van der Waals surface area contributed by atoms with E-state index in [1.165, 1.54) is 28.8 Å². The molecule has 0 fully saturated rings. The minimum absolute atomic E-state index is 0.0245. The minimum Gasteiger partial charge on any atom is -0.456 e. The fourth-order valence-corrected chi connectivity index (χ4v) is 2.18. The molecule has 0 unspecified atom stereocenters.